The second-order valence-corrected chi connectivity index (χ2v) is 6.58. The van der Waals surface area contributed by atoms with Crippen molar-refractivity contribution in [2.45, 2.75) is 20.3 Å². The Morgan fingerprint density at radius 2 is 1.58 bits per heavy atom. The predicted molar refractivity (Wildman–Crippen MR) is 108 cm³/mol. The molecule has 0 amide bonds. The van der Waals surface area contributed by atoms with E-state index in [0.717, 1.165) is 17.7 Å². The van der Waals surface area contributed by atoms with Gasteiger partial charge in [-0.15, -0.1) is 0 Å². The van der Waals surface area contributed by atoms with Crippen molar-refractivity contribution in [2.75, 3.05) is 0 Å². The van der Waals surface area contributed by atoms with Crippen LogP contribution in [0, 0.1) is 18.3 Å². The molecule has 0 saturated carbocycles. The number of benzene rings is 3. The highest BCUT2D eigenvalue weighted by atomic mass is 14.7. The molecular formula is C24H20N2. The van der Waals surface area contributed by atoms with Gasteiger partial charge in [0.1, 0.15) is 0 Å². The molecule has 1 heterocycles. The van der Waals surface area contributed by atoms with Crippen LogP contribution in [-0.4, -0.2) is 4.98 Å². The maximum atomic E-state index is 9.08. The number of H-pyrrole nitrogens is 1. The highest BCUT2D eigenvalue weighted by Crippen LogP contribution is 2.38. The first-order chi connectivity index (χ1) is 12.7. The lowest BCUT2D eigenvalue weighted by Gasteiger charge is -2.09. The fraction of sp³-hybridized carbons (Fsp3) is 0.125. The Balaban J connectivity index is 1.94. The van der Waals surface area contributed by atoms with E-state index in [2.05, 4.69) is 67.4 Å². The fourth-order valence-electron chi connectivity index (χ4n) is 3.70. The van der Waals surface area contributed by atoms with Crippen LogP contribution in [-0.2, 0) is 6.42 Å². The van der Waals surface area contributed by atoms with Crippen LogP contribution >= 0.6 is 0 Å². The van der Waals surface area contributed by atoms with Crippen LogP contribution in [0.1, 0.15) is 23.7 Å². The van der Waals surface area contributed by atoms with Crippen molar-refractivity contribution in [3.63, 3.8) is 0 Å². The number of aromatic nitrogens is 1. The number of aryl methyl sites for hydroxylation is 1. The SMILES string of the molecule is CCc1c(C)[nH]c(-c2ccc3ccccc3c2)c1-c1ccc(C#N)cc1. The summed E-state index contributed by atoms with van der Waals surface area (Å²) >= 11 is 0. The second-order valence-electron chi connectivity index (χ2n) is 6.58. The van der Waals surface area contributed by atoms with Gasteiger partial charge in [-0.3, -0.25) is 0 Å². The number of nitrogens with zero attached hydrogens (tertiary/aromatic N) is 1. The van der Waals surface area contributed by atoms with E-state index < -0.39 is 0 Å². The molecule has 0 saturated heterocycles. The lowest BCUT2D eigenvalue weighted by atomic mass is 9.94. The number of nitrogens with one attached hydrogen (secondary N) is 1. The second kappa shape index (κ2) is 6.54. The number of aromatic amines is 1. The number of hydrogen-bond acceptors (Lipinski definition) is 1. The summed E-state index contributed by atoms with van der Waals surface area (Å²) in [6, 6.07) is 25.1. The minimum absolute atomic E-state index is 0.686. The lowest BCUT2D eigenvalue weighted by molar-refractivity contribution is 1.10. The number of nitriles is 1. The summed E-state index contributed by atoms with van der Waals surface area (Å²) in [5, 5.41) is 11.6. The molecule has 0 unspecified atom stereocenters. The Bertz CT molecular complexity index is 1130. The van der Waals surface area contributed by atoms with Gasteiger partial charge in [-0.2, -0.15) is 5.26 Å². The Morgan fingerprint density at radius 1 is 0.885 bits per heavy atom. The summed E-state index contributed by atoms with van der Waals surface area (Å²) < 4.78 is 0. The van der Waals surface area contributed by atoms with E-state index in [1.807, 2.05) is 24.3 Å². The van der Waals surface area contributed by atoms with Crippen LogP contribution < -0.4 is 0 Å². The summed E-state index contributed by atoms with van der Waals surface area (Å²) in [7, 11) is 0. The van der Waals surface area contributed by atoms with Gasteiger partial charge in [0.25, 0.3) is 0 Å². The molecule has 26 heavy (non-hydrogen) atoms. The molecule has 3 aromatic carbocycles. The molecule has 1 aromatic heterocycles. The molecule has 0 aliphatic carbocycles. The Kier molecular flexibility index (Phi) is 4.07. The van der Waals surface area contributed by atoms with Gasteiger partial charge in [-0.25, -0.2) is 0 Å². The summed E-state index contributed by atoms with van der Waals surface area (Å²) in [5.74, 6) is 0. The largest absolute Gasteiger partial charge is 0.358 e. The van der Waals surface area contributed by atoms with Crippen LogP contribution in [0.15, 0.2) is 66.7 Å². The first-order valence-corrected chi connectivity index (χ1v) is 8.92. The number of hydrogen-bond donors (Lipinski definition) is 1. The van der Waals surface area contributed by atoms with E-state index in [1.54, 1.807) is 0 Å². The van der Waals surface area contributed by atoms with E-state index in [4.69, 9.17) is 5.26 Å². The average Bonchev–Trinajstić information content (AvgIpc) is 3.04. The van der Waals surface area contributed by atoms with E-state index >= 15 is 0 Å². The van der Waals surface area contributed by atoms with Crippen molar-refractivity contribution in [1.82, 2.24) is 4.98 Å². The first-order valence-electron chi connectivity index (χ1n) is 8.92. The van der Waals surface area contributed by atoms with Crippen molar-refractivity contribution in [3.8, 4) is 28.5 Å². The molecule has 0 aliphatic heterocycles. The van der Waals surface area contributed by atoms with E-state index in [-0.39, 0.29) is 0 Å². The molecule has 0 aliphatic rings. The molecule has 0 bridgehead atoms. The molecule has 4 rings (SSSR count). The van der Waals surface area contributed by atoms with Crippen molar-refractivity contribution in [1.29, 1.82) is 5.26 Å². The normalized spacial score (nSPS) is 10.8. The minimum atomic E-state index is 0.686. The maximum absolute atomic E-state index is 9.08. The van der Waals surface area contributed by atoms with Gasteiger partial charge in [0.05, 0.1) is 17.3 Å². The minimum Gasteiger partial charge on any atom is -0.358 e. The summed E-state index contributed by atoms with van der Waals surface area (Å²) in [4.78, 5) is 3.61. The van der Waals surface area contributed by atoms with Crippen molar-refractivity contribution >= 4 is 10.8 Å². The third kappa shape index (κ3) is 2.68. The zero-order chi connectivity index (χ0) is 18.1. The summed E-state index contributed by atoms with van der Waals surface area (Å²) in [5.41, 5.74) is 7.94. The maximum Gasteiger partial charge on any atom is 0.0991 e. The smallest absolute Gasteiger partial charge is 0.0991 e. The Hall–Kier alpha value is -3.31. The molecule has 0 atom stereocenters. The molecule has 2 heteroatoms. The van der Waals surface area contributed by atoms with Gasteiger partial charge in [0, 0.05) is 11.3 Å². The fourth-order valence-corrected chi connectivity index (χ4v) is 3.70. The third-order valence-corrected chi connectivity index (χ3v) is 5.01. The van der Waals surface area contributed by atoms with Crippen LogP contribution in [0.4, 0.5) is 0 Å². The first kappa shape index (κ1) is 16.2. The van der Waals surface area contributed by atoms with E-state index in [1.165, 1.54) is 33.2 Å². The van der Waals surface area contributed by atoms with Crippen molar-refractivity contribution < 1.29 is 0 Å². The standard InChI is InChI=1S/C24H20N2/c1-3-22-16(2)26-24(23(22)19-10-8-17(15-25)9-11-19)21-13-12-18-6-4-5-7-20(18)14-21/h4-14,26H,3H2,1-2H3. The van der Waals surface area contributed by atoms with Crippen molar-refractivity contribution in [2.24, 2.45) is 0 Å². The molecule has 0 radical (unpaired) electrons. The molecule has 1 N–H and O–H groups in total. The van der Waals surface area contributed by atoms with E-state index in [9.17, 15) is 0 Å². The number of fused-ring (bicyclic) bond motifs is 1. The van der Waals surface area contributed by atoms with Gasteiger partial charge in [0.2, 0.25) is 0 Å². The van der Waals surface area contributed by atoms with Gasteiger partial charge in [-0.05, 0) is 59.0 Å². The lowest BCUT2D eigenvalue weighted by Crippen LogP contribution is -1.88. The Morgan fingerprint density at radius 3 is 2.27 bits per heavy atom. The topological polar surface area (TPSA) is 39.6 Å². The molecule has 2 nitrogen and oxygen atoms in total. The zero-order valence-corrected chi connectivity index (χ0v) is 15.0. The predicted octanol–water partition coefficient (Wildman–Crippen LogP) is 6.24. The van der Waals surface area contributed by atoms with Gasteiger partial charge < -0.3 is 4.98 Å². The van der Waals surface area contributed by atoms with Gasteiger partial charge in [0.15, 0.2) is 0 Å². The summed E-state index contributed by atoms with van der Waals surface area (Å²) in [6.45, 7) is 4.32. The molecule has 0 spiro atoms. The quantitative estimate of drug-likeness (QED) is 0.472. The molecule has 126 valence electrons. The van der Waals surface area contributed by atoms with E-state index in [0.29, 0.717) is 5.56 Å². The van der Waals surface area contributed by atoms with Crippen LogP contribution in [0.2, 0.25) is 0 Å². The summed E-state index contributed by atoms with van der Waals surface area (Å²) in [6.07, 6.45) is 0.964. The highest BCUT2D eigenvalue weighted by molar-refractivity contribution is 5.91. The molecular weight excluding hydrogens is 316 g/mol. The molecule has 0 fully saturated rings. The number of rotatable bonds is 3. The van der Waals surface area contributed by atoms with Crippen LogP contribution in [0.3, 0.4) is 0 Å². The van der Waals surface area contributed by atoms with Gasteiger partial charge >= 0.3 is 0 Å². The van der Waals surface area contributed by atoms with Crippen LogP contribution in [0.5, 0.6) is 0 Å². The average molecular weight is 336 g/mol. The highest BCUT2D eigenvalue weighted by Gasteiger charge is 2.17. The third-order valence-electron chi connectivity index (χ3n) is 5.01. The zero-order valence-electron chi connectivity index (χ0n) is 15.0. The van der Waals surface area contributed by atoms with Crippen molar-refractivity contribution in [3.05, 3.63) is 83.6 Å². The van der Waals surface area contributed by atoms with Crippen LogP contribution in [0.25, 0.3) is 33.2 Å². The molecule has 4 aromatic rings. The monoisotopic (exact) mass is 336 g/mol. The Labute approximate surface area is 153 Å². The van der Waals surface area contributed by atoms with Gasteiger partial charge in [-0.1, -0.05) is 55.5 Å².